The van der Waals surface area contributed by atoms with Gasteiger partial charge in [-0.3, -0.25) is 14.9 Å². The van der Waals surface area contributed by atoms with Crippen molar-refractivity contribution >= 4 is 23.4 Å². The van der Waals surface area contributed by atoms with E-state index in [1.807, 2.05) is 0 Å². The van der Waals surface area contributed by atoms with Crippen molar-refractivity contribution in [2.45, 2.75) is 51.6 Å². The van der Waals surface area contributed by atoms with E-state index in [9.17, 15) is 9.59 Å². The fraction of sp³-hybridized carbons (Fsp3) is 0.615. The average Bonchev–Trinajstić information content (AvgIpc) is 2.76. The molecule has 110 valence electrons. The summed E-state index contributed by atoms with van der Waals surface area (Å²) < 4.78 is 0. The summed E-state index contributed by atoms with van der Waals surface area (Å²) in [5.41, 5.74) is 0.780. The molecule has 0 aromatic carbocycles. The molecule has 1 aliphatic heterocycles. The summed E-state index contributed by atoms with van der Waals surface area (Å²) in [6.45, 7) is 2.56. The van der Waals surface area contributed by atoms with Crippen LogP contribution in [0, 0.1) is 0 Å². The third-order valence-corrected chi connectivity index (χ3v) is 3.62. The van der Waals surface area contributed by atoms with Gasteiger partial charge in [0.25, 0.3) is 0 Å². The molecule has 20 heavy (non-hydrogen) atoms. The Labute approximate surface area is 122 Å². The Kier molecular flexibility index (Phi) is 5.14. The summed E-state index contributed by atoms with van der Waals surface area (Å²) in [7, 11) is 0. The van der Waals surface area contributed by atoms with Crippen LogP contribution in [0.1, 0.15) is 44.1 Å². The first-order chi connectivity index (χ1) is 9.60. The van der Waals surface area contributed by atoms with Crippen molar-refractivity contribution in [2.24, 2.45) is 0 Å². The Balaban J connectivity index is 1.88. The lowest BCUT2D eigenvalue weighted by atomic mass is 10.1. The molecule has 6 nitrogen and oxygen atoms in total. The number of rotatable bonds is 6. The lowest BCUT2D eigenvalue weighted by molar-refractivity contribution is -0.134. The van der Waals surface area contributed by atoms with E-state index in [1.54, 1.807) is 0 Å². The van der Waals surface area contributed by atoms with Gasteiger partial charge in [0.2, 0.25) is 11.8 Å². The molecule has 1 saturated heterocycles. The lowest BCUT2D eigenvalue weighted by Gasteiger charge is -2.21. The number of imidazole rings is 1. The van der Waals surface area contributed by atoms with Gasteiger partial charge in [-0.25, -0.2) is 4.98 Å². The maximum atomic E-state index is 11.6. The number of hydrogen-bond acceptors (Lipinski definition) is 4. The molecule has 2 rings (SSSR count). The molecule has 1 atom stereocenters. The number of nitrogens with zero attached hydrogens (tertiary/aromatic N) is 1. The van der Waals surface area contributed by atoms with Gasteiger partial charge in [-0.2, -0.15) is 0 Å². The first-order valence-corrected chi connectivity index (χ1v) is 7.28. The van der Waals surface area contributed by atoms with Crippen LogP contribution in [0.15, 0.2) is 0 Å². The summed E-state index contributed by atoms with van der Waals surface area (Å²) in [4.78, 5) is 30.1. The van der Waals surface area contributed by atoms with Crippen LogP contribution >= 0.6 is 11.6 Å². The molecular weight excluding hydrogens is 280 g/mol. The van der Waals surface area contributed by atoms with Crippen LogP contribution < -0.4 is 10.6 Å². The van der Waals surface area contributed by atoms with E-state index < -0.39 is 0 Å². The molecule has 1 unspecified atom stereocenters. The molecule has 0 saturated carbocycles. The van der Waals surface area contributed by atoms with Gasteiger partial charge in [-0.15, -0.1) is 0 Å². The predicted octanol–water partition coefficient (Wildman–Crippen LogP) is 1.30. The van der Waals surface area contributed by atoms with Crippen LogP contribution in [0.4, 0.5) is 0 Å². The SMILES string of the molecule is CCCCc1nc(Cl)c(CNC2CCC(=O)NC2=O)[nH]1. The zero-order valence-corrected chi connectivity index (χ0v) is 12.2. The number of hydrogen-bond donors (Lipinski definition) is 3. The van der Waals surface area contributed by atoms with Gasteiger partial charge in [-0.05, 0) is 12.8 Å². The molecule has 1 aliphatic rings. The number of unbranched alkanes of at least 4 members (excludes halogenated alkanes) is 1. The maximum Gasteiger partial charge on any atom is 0.243 e. The highest BCUT2D eigenvalue weighted by Gasteiger charge is 2.26. The van der Waals surface area contributed by atoms with E-state index >= 15 is 0 Å². The Morgan fingerprint density at radius 2 is 2.25 bits per heavy atom. The van der Waals surface area contributed by atoms with Crippen molar-refractivity contribution < 1.29 is 9.59 Å². The molecule has 1 fully saturated rings. The number of amides is 2. The number of aryl methyl sites for hydroxylation is 1. The topological polar surface area (TPSA) is 86.9 Å². The van der Waals surface area contributed by atoms with Gasteiger partial charge in [0.1, 0.15) is 5.82 Å². The van der Waals surface area contributed by atoms with Crippen molar-refractivity contribution in [3.63, 3.8) is 0 Å². The quantitative estimate of drug-likeness (QED) is 0.691. The number of aromatic amines is 1. The summed E-state index contributed by atoms with van der Waals surface area (Å²) in [6, 6.07) is -0.355. The van der Waals surface area contributed by atoms with Crippen LogP contribution in [0.3, 0.4) is 0 Å². The second kappa shape index (κ2) is 6.85. The number of imide groups is 1. The van der Waals surface area contributed by atoms with Crippen LogP contribution in [-0.2, 0) is 22.6 Å². The number of carbonyl (C=O) groups is 2. The largest absolute Gasteiger partial charge is 0.344 e. The Morgan fingerprint density at radius 1 is 1.45 bits per heavy atom. The maximum absolute atomic E-state index is 11.6. The molecular formula is C13H19ClN4O2. The highest BCUT2D eigenvalue weighted by atomic mass is 35.5. The van der Waals surface area contributed by atoms with Crippen molar-refractivity contribution in [1.82, 2.24) is 20.6 Å². The summed E-state index contributed by atoms with van der Waals surface area (Å²) in [5, 5.41) is 5.85. The van der Waals surface area contributed by atoms with Crippen molar-refractivity contribution in [1.29, 1.82) is 0 Å². The van der Waals surface area contributed by atoms with Crippen LogP contribution in [-0.4, -0.2) is 27.8 Å². The Bertz CT molecular complexity index is 501. The summed E-state index contributed by atoms with van der Waals surface area (Å²) >= 11 is 6.06. The van der Waals surface area contributed by atoms with E-state index in [-0.39, 0.29) is 17.9 Å². The molecule has 1 aromatic heterocycles. The fourth-order valence-corrected chi connectivity index (χ4v) is 2.35. The third kappa shape index (κ3) is 3.80. The van der Waals surface area contributed by atoms with E-state index in [0.717, 1.165) is 30.8 Å². The minimum atomic E-state index is -0.355. The Morgan fingerprint density at radius 3 is 2.95 bits per heavy atom. The minimum Gasteiger partial charge on any atom is -0.344 e. The van der Waals surface area contributed by atoms with Crippen molar-refractivity contribution in [3.05, 3.63) is 16.7 Å². The number of H-pyrrole nitrogens is 1. The molecule has 0 bridgehead atoms. The first-order valence-electron chi connectivity index (χ1n) is 6.90. The molecule has 7 heteroatoms. The third-order valence-electron chi connectivity index (χ3n) is 3.31. The zero-order chi connectivity index (χ0) is 14.5. The second-order valence-electron chi connectivity index (χ2n) is 4.94. The van der Waals surface area contributed by atoms with Gasteiger partial charge < -0.3 is 10.3 Å². The summed E-state index contributed by atoms with van der Waals surface area (Å²) in [6.07, 6.45) is 3.90. The van der Waals surface area contributed by atoms with E-state index in [0.29, 0.717) is 24.5 Å². The fourth-order valence-electron chi connectivity index (χ4n) is 2.13. The smallest absolute Gasteiger partial charge is 0.243 e. The van der Waals surface area contributed by atoms with Crippen LogP contribution in [0.5, 0.6) is 0 Å². The van der Waals surface area contributed by atoms with E-state index in [4.69, 9.17) is 11.6 Å². The van der Waals surface area contributed by atoms with Crippen LogP contribution in [0.25, 0.3) is 0 Å². The van der Waals surface area contributed by atoms with Crippen LogP contribution in [0.2, 0.25) is 5.15 Å². The predicted molar refractivity (Wildman–Crippen MR) is 75.2 cm³/mol. The highest BCUT2D eigenvalue weighted by Crippen LogP contribution is 2.15. The van der Waals surface area contributed by atoms with Gasteiger partial charge in [0, 0.05) is 19.4 Å². The lowest BCUT2D eigenvalue weighted by Crippen LogP contribution is -2.50. The molecule has 0 spiro atoms. The number of aromatic nitrogens is 2. The number of halogens is 1. The standard InChI is InChI=1S/C13H19ClN4O2/c1-2-3-4-10-16-9(12(14)17-10)7-15-8-5-6-11(19)18-13(8)20/h8,15H,2-7H2,1H3,(H,16,17)(H,18,19,20). The highest BCUT2D eigenvalue weighted by molar-refractivity contribution is 6.30. The Hall–Kier alpha value is -1.40. The molecule has 0 radical (unpaired) electrons. The summed E-state index contributed by atoms with van der Waals surface area (Å²) in [5.74, 6) is 0.384. The van der Waals surface area contributed by atoms with E-state index in [2.05, 4.69) is 27.5 Å². The minimum absolute atomic E-state index is 0.213. The molecule has 0 aliphatic carbocycles. The molecule has 3 N–H and O–H groups in total. The van der Waals surface area contributed by atoms with Gasteiger partial charge in [-0.1, -0.05) is 24.9 Å². The number of carbonyl (C=O) groups excluding carboxylic acids is 2. The zero-order valence-electron chi connectivity index (χ0n) is 11.5. The normalized spacial score (nSPS) is 19.2. The molecule has 2 heterocycles. The van der Waals surface area contributed by atoms with Gasteiger partial charge in [0.05, 0.1) is 11.7 Å². The monoisotopic (exact) mass is 298 g/mol. The average molecular weight is 299 g/mol. The number of nitrogens with one attached hydrogen (secondary N) is 3. The van der Waals surface area contributed by atoms with E-state index in [1.165, 1.54) is 0 Å². The first kappa shape index (κ1) is 15.0. The van der Waals surface area contributed by atoms with Crippen molar-refractivity contribution in [3.8, 4) is 0 Å². The van der Waals surface area contributed by atoms with Gasteiger partial charge >= 0.3 is 0 Å². The van der Waals surface area contributed by atoms with Gasteiger partial charge in [0.15, 0.2) is 5.15 Å². The second-order valence-corrected chi connectivity index (χ2v) is 5.30. The molecule has 2 amide bonds. The number of piperidine rings is 1. The van der Waals surface area contributed by atoms with Crippen molar-refractivity contribution in [2.75, 3.05) is 0 Å². The molecule has 1 aromatic rings.